The lowest BCUT2D eigenvalue weighted by atomic mass is 9.94. The molecule has 3 rings (SSSR count). The second-order valence-electron chi connectivity index (χ2n) is 6.62. The summed E-state index contributed by atoms with van der Waals surface area (Å²) in [5.74, 6) is -0.204. The number of non-ortho nitro benzene ring substituents is 1. The number of carbonyl (C=O) groups excluding carboxylic acids is 2. The fourth-order valence-corrected chi connectivity index (χ4v) is 3.34. The molecule has 1 heterocycles. The number of halogens is 1. The van der Waals surface area contributed by atoms with Crippen molar-refractivity contribution in [2.45, 2.75) is 13.0 Å². The summed E-state index contributed by atoms with van der Waals surface area (Å²) < 4.78 is 11.0. The Morgan fingerprint density at radius 3 is 2.68 bits per heavy atom. The second-order valence-corrected chi connectivity index (χ2v) is 7.06. The normalized spacial score (nSPS) is 16.0. The number of ether oxygens (including phenoxy) is 2. The molecule has 31 heavy (non-hydrogen) atoms. The van der Waals surface area contributed by atoms with Crippen molar-refractivity contribution in [3.8, 4) is 5.75 Å². The fourth-order valence-electron chi connectivity index (χ4n) is 3.16. The highest BCUT2D eigenvalue weighted by Gasteiger charge is 2.37. The lowest BCUT2D eigenvalue weighted by Gasteiger charge is -2.34. The van der Waals surface area contributed by atoms with Crippen molar-refractivity contribution < 1.29 is 24.0 Å². The quantitative estimate of drug-likeness (QED) is 0.393. The molecule has 0 aromatic heterocycles. The number of hydrogen-bond acceptors (Lipinski definition) is 6. The van der Waals surface area contributed by atoms with Crippen molar-refractivity contribution in [2.75, 3.05) is 20.3 Å². The van der Waals surface area contributed by atoms with Crippen LogP contribution < -0.4 is 10.1 Å². The summed E-state index contributed by atoms with van der Waals surface area (Å²) in [5, 5.41) is 14.4. The smallest absolute Gasteiger partial charge is 0.338 e. The highest BCUT2D eigenvalue weighted by atomic mass is 35.5. The minimum Gasteiger partial charge on any atom is -0.487 e. The van der Waals surface area contributed by atoms with Crippen molar-refractivity contribution >= 4 is 29.3 Å². The predicted molar refractivity (Wildman–Crippen MR) is 113 cm³/mol. The van der Waals surface area contributed by atoms with E-state index >= 15 is 0 Å². The van der Waals surface area contributed by atoms with Crippen LogP contribution in [0.1, 0.15) is 18.5 Å². The van der Waals surface area contributed by atoms with E-state index in [-0.39, 0.29) is 30.2 Å². The third-order valence-corrected chi connectivity index (χ3v) is 4.89. The molecule has 0 spiro atoms. The molecule has 1 atom stereocenters. The Hall–Kier alpha value is -3.59. The lowest BCUT2D eigenvalue weighted by Crippen LogP contribution is -2.48. The van der Waals surface area contributed by atoms with Gasteiger partial charge in [0.2, 0.25) is 0 Å². The SMILES string of the molecule is CCOC(=O)C1=C(COc2cccc(Cl)c2)N(C)C(=O)NC1c1cccc([N+](=O)[O-])c1. The third kappa shape index (κ3) is 4.95. The number of amides is 2. The average Bonchev–Trinajstić information content (AvgIpc) is 2.74. The summed E-state index contributed by atoms with van der Waals surface area (Å²) in [4.78, 5) is 37.4. The fraction of sp³-hybridized carbons (Fsp3) is 0.238. The van der Waals surface area contributed by atoms with Crippen LogP contribution in [-0.2, 0) is 9.53 Å². The van der Waals surface area contributed by atoms with E-state index in [1.807, 2.05) is 0 Å². The van der Waals surface area contributed by atoms with Gasteiger partial charge in [-0.15, -0.1) is 0 Å². The van der Waals surface area contributed by atoms with Crippen LogP contribution >= 0.6 is 11.6 Å². The van der Waals surface area contributed by atoms with Gasteiger partial charge in [-0.05, 0) is 30.7 Å². The molecule has 0 radical (unpaired) electrons. The first-order chi connectivity index (χ1) is 14.8. The van der Waals surface area contributed by atoms with Crippen LogP contribution in [-0.4, -0.2) is 42.1 Å². The van der Waals surface area contributed by atoms with Gasteiger partial charge in [-0.3, -0.25) is 15.0 Å². The third-order valence-electron chi connectivity index (χ3n) is 4.66. The number of nitrogens with zero attached hydrogens (tertiary/aromatic N) is 2. The second kappa shape index (κ2) is 9.48. The molecule has 1 N–H and O–H groups in total. The molecule has 2 aromatic rings. The molecule has 2 amide bonds. The number of carbonyl (C=O) groups is 2. The number of hydrogen-bond donors (Lipinski definition) is 1. The number of likely N-dealkylation sites (N-methyl/N-ethyl adjacent to an activating group) is 1. The van der Waals surface area contributed by atoms with Crippen LogP contribution in [0.2, 0.25) is 5.02 Å². The van der Waals surface area contributed by atoms with E-state index in [0.717, 1.165) is 0 Å². The van der Waals surface area contributed by atoms with Crippen LogP contribution in [0, 0.1) is 10.1 Å². The lowest BCUT2D eigenvalue weighted by molar-refractivity contribution is -0.384. The Balaban J connectivity index is 2.06. The highest BCUT2D eigenvalue weighted by Crippen LogP contribution is 2.33. The van der Waals surface area contributed by atoms with Gasteiger partial charge < -0.3 is 14.8 Å². The van der Waals surface area contributed by atoms with Crippen LogP contribution in [0.25, 0.3) is 0 Å². The van der Waals surface area contributed by atoms with E-state index < -0.39 is 23.0 Å². The zero-order valence-electron chi connectivity index (χ0n) is 16.8. The van der Waals surface area contributed by atoms with Gasteiger partial charge in [-0.2, -0.15) is 0 Å². The van der Waals surface area contributed by atoms with E-state index in [1.54, 1.807) is 37.3 Å². The summed E-state index contributed by atoms with van der Waals surface area (Å²) >= 11 is 5.99. The summed E-state index contributed by atoms with van der Waals surface area (Å²) in [7, 11) is 1.49. The maximum Gasteiger partial charge on any atom is 0.338 e. The van der Waals surface area contributed by atoms with Crippen molar-refractivity contribution in [1.82, 2.24) is 10.2 Å². The molecule has 0 saturated heterocycles. The summed E-state index contributed by atoms with van der Waals surface area (Å²) in [6, 6.07) is 11.0. The van der Waals surface area contributed by atoms with E-state index in [1.165, 1.54) is 30.1 Å². The zero-order valence-corrected chi connectivity index (χ0v) is 17.6. The largest absolute Gasteiger partial charge is 0.487 e. The van der Waals surface area contributed by atoms with Crippen molar-refractivity contribution in [3.63, 3.8) is 0 Å². The molecule has 9 nitrogen and oxygen atoms in total. The summed E-state index contributed by atoms with van der Waals surface area (Å²) in [6.07, 6.45) is 0. The first kappa shape index (κ1) is 22.1. The Bertz CT molecular complexity index is 1050. The van der Waals surface area contributed by atoms with Crippen molar-refractivity contribution in [2.24, 2.45) is 0 Å². The Kier molecular flexibility index (Phi) is 6.76. The van der Waals surface area contributed by atoms with Crippen LogP contribution in [0.3, 0.4) is 0 Å². The monoisotopic (exact) mass is 445 g/mol. The Labute approximate surface area is 183 Å². The van der Waals surface area contributed by atoms with Gasteiger partial charge in [0.1, 0.15) is 12.4 Å². The maximum absolute atomic E-state index is 12.9. The molecule has 2 aromatic carbocycles. The van der Waals surface area contributed by atoms with Crippen LogP contribution in [0.15, 0.2) is 59.8 Å². The molecule has 1 aliphatic heterocycles. The van der Waals surface area contributed by atoms with Crippen LogP contribution in [0.4, 0.5) is 10.5 Å². The van der Waals surface area contributed by atoms with Gasteiger partial charge in [0.15, 0.2) is 0 Å². The first-order valence-corrected chi connectivity index (χ1v) is 9.76. The van der Waals surface area contributed by atoms with Gasteiger partial charge in [-0.25, -0.2) is 9.59 Å². The molecule has 10 heteroatoms. The number of esters is 1. The average molecular weight is 446 g/mol. The maximum atomic E-state index is 12.9. The Morgan fingerprint density at radius 1 is 1.26 bits per heavy atom. The molecule has 0 fully saturated rings. The molecule has 162 valence electrons. The standard InChI is InChI=1S/C21H20ClN3O6/c1-3-30-20(26)18-17(12-31-16-9-5-7-14(22)11-16)24(2)21(27)23-19(18)13-6-4-8-15(10-13)25(28)29/h4-11,19H,3,12H2,1-2H3,(H,23,27). The van der Waals surface area contributed by atoms with Gasteiger partial charge >= 0.3 is 12.0 Å². The van der Waals surface area contributed by atoms with Gasteiger partial charge in [0.25, 0.3) is 5.69 Å². The molecule has 1 unspecified atom stereocenters. The molecule has 0 aliphatic carbocycles. The predicted octanol–water partition coefficient (Wildman–Crippen LogP) is 3.84. The minimum atomic E-state index is -0.944. The van der Waals surface area contributed by atoms with Crippen molar-refractivity contribution in [3.05, 3.63) is 80.5 Å². The molecular formula is C21H20ClN3O6. The summed E-state index contributed by atoms with van der Waals surface area (Å²) in [5.41, 5.74) is 0.620. The Morgan fingerprint density at radius 2 is 2.00 bits per heavy atom. The minimum absolute atomic E-state index is 0.115. The van der Waals surface area contributed by atoms with Crippen LogP contribution in [0.5, 0.6) is 5.75 Å². The number of urea groups is 1. The first-order valence-electron chi connectivity index (χ1n) is 9.39. The number of benzene rings is 2. The molecule has 0 bridgehead atoms. The number of nitrogens with one attached hydrogen (secondary N) is 1. The van der Waals surface area contributed by atoms with Gasteiger partial charge in [0.05, 0.1) is 28.8 Å². The molecular weight excluding hydrogens is 426 g/mol. The number of nitro benzene ring substituents is 1. The molecule has 0 saturated carbocycles. The molecule has 1 aliphatic rings. The van der Waals surface area contributed by atoms with Crippen molar-refractivity contribution in [1.29, 1.82) is 0 Å². The zero-order chi connectivity index (χ0) is 22.5. The van der Waals surface area contributed by atoms with Gasteiger partial charge in [-0.1, -0.05) is 29.8 Å². The van der Waals surface area contributed by atoms with E-state index in [0.29, 0.717) is 16.3 Å². The number of nitro groups is 1. The van der Waals surface area contributed by atoms with E-state index in [9.17, 15) is 19.7 Å². The van der Waals surface area contributed by atoms with Gasteiger partial charge in [0, 0.05) is 24.2 Å². The topological polar surface area (TPSA) is 111 Å². The van der Waals surface area contributed by atoms with E-state index in [4.69, 9.17) is 21.1 Å². The number of rotatable bonds is 7. The summed E-state index contributed by atoms with van der Waals surface area (Å²) in [6.45, 7) is 1.65. The highest BCUT2D eigenvalue weighted by molar-refractivity contribution is 6.30. The van der Waals surface area contributed by atoms with E-state index in [2.05, 4.69) is 5.32 Å².